The maximum Gasteiger partial charge on any atom is 0.303 e. The molecule has 0 aromatic carbocycles. The zero-order valence-corrected chi connectivity index (χ0v) is 11.3. The van der Waals surface area contributed by atoms with E-state index in [1.165, 1.54) is 0 Å². The summed E-state index contributed by atoms with van der Waals surface area (Å²) in [6.45, 7) is 3.14. The van der Waals surface area contributed by atoms with Gasteiger partial charge in [-0.1, -0.05) is 0 Å². The molecule has 1 aliphatic heterocycles. The number of carboxylic acid groups (broad SMARTS) is 1. The summed E-state index contributed by atoms with van der Waals surface area (Å²) >= 11 is 0. The molecule has 2 heterocycles. The van der Waals surface area contributed by atoms with Crippen molar-refractivity contribution in [1.82, 2.24) is 14.7 Å². The highest BCUT2D eigenvalue weighted by Gasteiger charge is 2.26. The fourth-order valence-electron chi connectivity index (χ4n) is 2.41. The lowest BCUT2D eigenvalue weighted by Crippen LogP contribution is -2.39. The maximum atomic E-state index is 12.2. The monoisotopic (exact) mass is 265 g/mol. The van der Waals surface area contributed by atoms with E-state index in [0.29, 0.717) is 18.8 Å². The zero-order valence-electron chi connectivity index (χ0n) is 11.3. The number of nitrogens with zero attached hydrogens (tertiary/aromatic N) is 3. The number of rotatable bonds is 3. The van der Waals surface area contributed by atoms with Crippen LogP contribution in [-0.2, 0) is 11.8 Å². The van der Waals surface area contributed by atoms with Crippen molar-refractivity contribution in [3.8, 4) is 0 Å². The van der Waals surface area contributed by atoms with Crippen molar-refractivity contribution < 1.29 is 14.7 Å². The smallest absolute Gasteiger partial charge is 0.303 e. The standard InChI is InChI=1S/C13H19N3O3/c1-9-7-11(14-15(9)2)13(19)16-5-3-10(4-6-16)8-12(17)18/h7,10H,3-6,8H2,1-2H3,(H,17,18). The Balaban J connectivity index is 1.94. The molecule has 0 radical (unpaired) electrons. The van der Waals surface area contributed by atoms with Gasteiger partial charge in [0.2, 0.25) is 0 Å². The van der Waals surface area contributed by atoms with Crippen molar-refractivity contribution in [2.75, 3.05) is 13.1 Å². The van der Waals surface area contributed by atoms with Crippen LogP contribution in [0.5, 0.6) is 0 Å². The minimum Gasteiger partial charge on any atom is -0.481 e. The fraction of sp³-hybridized carbons (Fsp3) is 0.615. The van der Waals surface area contributed by atoms with Gasteiger partial charge in [0.1, 0.15) is 0 Å². The van der Waals surface area contributed by atoms with Gasteiger partial charge in [-0.05, 0) is 31.7 Å². The third-order valence-electron chi connectivity index (χ3n) is 3.70. The van der Waals surface area contributed by atoms with E-state index in [9.17, 15) is 9.59 Å². The topological polar surface area (TPSA) is 75.4 Å². The molecule has 1 aromatic heterocycles. The molecule has 19 heavy (non-hydrogen) atoms. The molecule has 1 amide bonds. The average Bonchev–Trinajstić information content (AvgIpc) is 2.69. The van der Waals surface area contributed by atoms with Crippen LogP contribution in [0.2, 0.25) is 0 Å². The Morgan fingerprint density at radius 2 is 2.05 bits per heavy atom. The summed E-state index contributed by atoms with van der Waals surface area (Å²) in [7, 11) is 1.81. The van der Waals surface area contributed by atoms with Crippen LogP contribution in [0.3, 0.4) is 0 Å². The van der Waals surface area contributed by atoms with E-state index >= 15 is 0 Å². The zero-order chi connectivity index (χ0) is 14.0. The number of aliphatic carboxylic acids is 1. The van der Waals surface area contributed by atoms with Gasteiger partial charge in [0.25, 0.3) is 5.91 Å². The summed E-state index contributed by atoms with van der Waals surface area (Å²) in [6, 6.07) is 1.78. The molecule has 0 atom stereocenters. The Bertz CT molecular complexity index is 468. The highest BCUT2D eigenvalue weighted by Crippen LogP contribution is 2.21. The fourth-order valence-corrected chi connectivity index (χ4v) is 2.41. The lowest BCUT2D eigenvalue weighted by atomic mass is 9.93. The molecule has 1 saturated heterocycles. The van der Waals surface area contributed by atoms with Crippen LogP contribution in [0.15, 0.2) is 6.07 Å². The van der Waals surface area contributed by atoms with Crippen LogP contribution < -0.4 is 0 Å². The number of amides is 1. The van der Waals surface area contributed by atoms with Crippen molar-refractivity contribution in [3.63, 3.8) is 0 Å². The van der Waals surface area contributed by atoms with Crippen molar-refractivity contribution in [2.24, 2.45) is 13.0 Å². The van der Waals surface area contributed by atoms with Gasteiger partial charge in [0, 0.05) is 32.3 Å². The van der Waals surface area contributed by atoms with Gasteiger partial charge in [-0.2, -0.15) is 5.10 Å². The number of aromatic nitrogens is 2. The van der Waals surface area contributed by atoms with Gasteiger partial charge in [0.15, 0.2) is 5.69 Å². The minimum atomic E-state index is -0.759. The first-order valence-electron chi connectivity index (χ1n) is 6.49. The van der Waals surface area contributed by atoms with E-state index in [4.69, 9.17) is 5.11 Å². The summed E-state index contributed by atoms with van der Waals surface area (Å²) in [5.41, 5.74) is 1.42. The van der Waals surface area contributed by atoms with E-state index in [-0.39, 0.29) is 18.2 Å². The van der Waals surface area contributed by atoms with Gasteiger partial charge in [-0.3, -0.25) is 14.3 Å². The normalized spacial score (nSPS) is 16.6. The Morgan fingerprint density at radius 1 is 1.42 bits per heavy atom. The first-order chi connectivity index (χ1) is 8.97. The second kappa shape index (κ2) is 5.42. The van der Waals surface area contributed by atoms with Crippen molar-refractivity contribution in [3.05, 3.63) is 17.5 Å². The first kappa shape index (κ1) is 13.6. The van der Waals surface area contributed by atoms with Crippen LogP contribution in [0.1, 0.15) is 35.4 Å². The molecule has 2 rings (SSSR count). The van der Waals surface area contributed by atoms with Crippen molar-refractivity contribution in [1.29, 1.82) is 0 Å². The lowest BCUT2D eigenvalue weighted by Gasteiger charge is -2.30. The summed E-state index contributed by atoms with van der Waals surface area (Å²) in [5, 5.41) is 12.9. The Labute approximate surface area is 112 Å². The molecule has 6 heteroatoms. The molecule has 0 bridgehead atoms. The van der Waals surface area contributed by atoms with Crippen LogP contribution in [0.25, 0.3) is 0 Å². The molecule has 1 aliphatic rings. The molecule has 0 saturated carbocycles. The third-order valence-corrected chi connectivity index (χ3v) is 3.70. The number of hydrogen-bond donors (Lipinski definition) is 1. The molecule has 1 N–H and O–H groups in total. The number of likely N-dealkylation sites (tertiary alicyclic amines) is 1. The van der Waals surface area contributed by atoms with E-state index in [1.807, 2.05) is 14.0 Å². The first-order valence-corrected chi connectivity index (χ1v) is 6.49. The second-order valence-electron chi connectivity index (χ2n) is 5.13. The van der Waals surface area contributed by atoms with E-state index in [0.717, 1.165) is 18.5 Å². The van der Waals surface area contributed by atoms with Gasteiger partial charge in [-0.25, -0.2) is 0 Å². The Kier molecular flexibility index (Phi) is 3.87. The molecule has 6 nitrogen and oxygen atoms in total. The molecular weight excluding hydrogens is 246 g/mol. The van der Waals surface area contributed by atoms with Crippen LogP contribution in [0.4, 0.5) is 0 Å². The Hall–Kier alpha value is -1.85. The highest BCUT2D eigenvalue weighted by atomic mass is 16.4. The summed E-state index contributed by atoms with van der Waals surface area (Å²) < 4.78 is 1.68. The SMILES string of the molecule is Cc1cc(C(=O)N2CCC(CC(=O)O)CC2)nn1C. The number of carbonyl (C=O) groups is 2. The van der Waals surface area contributed by atoms with E-state index in [2.05, 4.69) is 5.10 Å². The summed E-state index contributed by atoms with van der Waals surface area (Å²) in [5.74, 6) is -0.630. The molecule has 0 aliphatic carbocycles. The minimum absolute atomic E-state index is 0.0579. The summed E-state index contributed by atoms with van der Waals surface area (Å²) in [4.78, 5) is 24.6. The third kappa shape index (κ3) is 3.13. The van der Waals surface area contributed by atoms with Crippen LogP contribution >= 0.6 is 0 Å². The lowest BCUT2D eigenvalue weighted by molar-refractivity contribution is -0.138. The van der Waals surface area contributed by atoms with Gasteiger partial charge >= 0.3 is 5.97 Å². The predicted octanol–water partition coefficient (Wildman–Crippen LogP) is 1.06. The quantitative estimate of drug-likeness (QED) is 0.886. The number of carboxylic acids is 1. The van der Waals surface area contributed by atoms with E-state index < -0.39 is 5.97 Å². The number of hydrogen-bond acceptors (Lipinski definition) is 3. The predicted molar refractivity (Wildman–Crippen MR) is 68.8 cm³/mol. The summed E-state index contributed by atoms with van der Waals surface area (Å²) in [6.07, 6.45) is 1.71. The van der Waals surface area contributed by atoms with Crippen LogP contribution in [-0.4, -0.2) is 44.8 Å². The van der Waals surface area contributed by atoms with Gasteiger partial charge in [0.05, 0.1) is 0 Å². The van der Waals surface area contributed by atoms with Gasteiger partial charge in [-0.15, -0.1) is 0 Å². The molecule has 0 unspecified atom stereocenters. The highest BCUT2D eigenvalue weighted by molar-refractivity contribution is 5.92. The molecule has 1 fully saturated rings. The number of carbonyl (C=O) groups excluding carboxylic acids is 1. The number of piperidine rings is 1. The van der Waals surface area contributed by atoms with Crippen LogP contribution in [0, 0.1) is 12.8 Å². The Morgan fingerprint density at radius 3 is 2.53 bits per heavy atom. The van der Waals surface area contributed by atoms with Crippen molar-refractivity contribution >= 4 is 11.9 Å². The molecule has 1 aromatic rings. The molecule has 104 valence electrons. The van der Waals surface area contributed by atoms with Crippen molar-refractivity contribution in [2.45, 2.75) is 26.2 Å². The molecular formula is C13H19N3O3. The van der Waals surface area contributed by atoms with E-state index in [1.54, 1.807) is 15.6 Å². The maximum absolute atomic E-state index is 12.2. The number of aryl methyl sites for hydroxylation is 2. The molecule has 0 spiro atoms. The second-order valence-corrected chi connectivity index (χ2v) is 5.13. The average molecular weight is 265 g/mol. The largest absolute Gasteiger partial charge is 0.481 e. The van der Waals surface area contributed by atoms with Gasteiger partial charge < -0.3 is 10.0 Å².